The van der Waals surface area contributed by atoms with E-state index in [4.69, 9.17) is 9.84 Å². The summed E-state index contributed by atoms with van der Waals surface area (Å²) in [4.78, 5) is 20.6. The van der Waals surface area contributed by atoms with E-state index in [-0.39, 0.29) is 6.04 Å². The molecule has 1 amide bonds. The van der Waals surface area contributed by atoms with E-state index in [1.165, 1.54) is 0 Å². The van der Waals surface area contributed by atoms with Gasteiger partial charge in [-0.1, -0.05) is 0 Å². The molecule has 0 saturated carbocycles. The minimum Gasteiger partial charge on any atom is -0.474 e. The summed E-state index contributed by atoms with van der Waals surface area (Å²) in [6.07, 6.45) is 0. The molecule has 0 saturated heterocycles. The van der Waals surface area contributed by atoms with Crippen molar-refractivity contribution in [3.63, 3.8) is 0 Å². The molecule has 1 atom stereocenters. The van der Waals surface area contributed by atoms with Crippen LogP contribution in [0.4, 0.5) is 0 Å². The molecule has 0 aliphatic carbocycles. The Bertz CT molecular complexity index is 169. The molecule has 0 rings (SSSR count). The lowest BCUT2D eigenvalue weighted by Gasteiger charge is -2.11. The van der Waals surface area contributed by atoms with Crippen LogP contribution in [0.3, 0.4) is 0 Å². The molecule has 0 aromatic rings. The number of amides is 1. The van der Waals surface area contributed by atoms with Crippen LogP contribution in [0.2, 0.25) is 0 Å². The molecule has 0 fully saturated rings. The number of hydrogen-bond acceptors (Lipinski definition) is 3. The zero-order chi connectivity index (χ0) is 9.56. The highest BCUT2D eigenvalue weighted by molar-refractivity contribution is 6.31. The van der Waals surface area contributed by atoms with Crippen LogP contribution in [0.5, 0.6) is 0 Å². The normalized spacial score (nSPS) is 12.2. The van der Waals surface area contributed by atoms with Gasteiger partial charge in [-0.15, -0.1) is 0 Å². The monoisotopic (exact) mass is 175 g/mol. The summed E-state index contributed by atoms with van der Waals surface area (Å²) in [6.45, 7) is 4.38. The van der Waals surface area contributed by atoms with E-state index in [2.05, 4.69) is 5.32 Å². The molecule has 5 heteroatoms. The molecule has 5 nitrogen and oxygen atoms in total. The first-order valence-electron chi connectivity index (χ1n) is 3.69. The molecule has 0 aromatic heterocycles. The third kappa shape index (κ3) is 4.68. The minimum absolute atomic E-state index is 0.270. The fourth-order valence-electron chi connectivity index (χ4n) is 0.622. The molecule has 0 aliphatic heterocycles. The first-order valence-corrected chi connectivity index (χ1v) is 3.69. The number of hydrogen-bond donors (Lipinski definition) is 2. The smallest absolute Gasteiger partial charge is 0.394 e. The number of nitrogens with one attached hydrogen (secondary N) is 1. The van der Waals surface area contributed by atoms with Crippen molar-refractivity contribution in [1.29, 1.82) is 0 Å². The summed E-state index contributed by atoms with van der Waals surface area (Å²) in [6, 6.07) is -0.270. The van der Waals surface area contributed by atoms with Crippen LogP contribution in [0.15, 0.2) is 0 Å². The van der Waals surface area contributed by atoms with Gasteiger partial charge in [-0.2, -0.15) is 0 Å². The van der Waals surface area contributed by atoms with Gasteiger partial charge in [0, 0.05) is 12.6 Å². The highest BCUT2D eigenvalue weighted by Crippen LogP contribution is 1.83. The summed E-state index contributed by atoms with van der Waals surface area (Å²) in [5.41, 5.74) is 0. The van der Waals surface area contributed by atoms with E-state index < -0.39 is 11.9 Å². The van der Waals surface area contributed by atoms with Crippen LogP contribution in [0, 0.1) is 0 Å². The number of rotatable bonds is 4. The molecule has 0 aromatic carbocycles. The largest absolute Gasteiger partial charge is 0.474 e. The Hall–Kier alpha value is -1.10. The maximum Gasteiger partial charge on any atom is 0.394 e. The molecule has 0 aliphatic rings. The van der Waals surface area contributed by atoms with Crippen LogP contribution < -0.4 is 5.32 Å². The van der Waals surface area contributed by atoms with Crippen LogP contribution in [0.1, 0.15) is 13.8 Å². The maximum atomic E-state index is 10.6. The molecule has 70 valence electrons. The van der Waals surface area contributed by atoms with Gasteiger partial charge >= 0.3 is 11.9 Å². The Morgan fingerprint density at radius 3 is 2.58 bits per heavy atom. The van der Waals surface area contributed by atoms with Crippen LogP contribution in [0.25, 0.3) is 0 Å². The standard InChI is InChI=1S/C7H13NO4/c1-3-12-4-5(2)8-6(9)7(10)11/h5H,3-4H2,1-2H3,(H,8,9)(H,10,11). The van der Waals surface area contributed by atoms with E-state index >= 15 is 0 Å². The SMILES string of the molecule is CCOCC(C)NC(=O)C(=O)O. The molecule has 2 N–H and O–H groups in total. The average Bonchev–Trinajstić information content (AvgIpc) is 2.00. The van der Waals surface area contributed by atoms with Crippen molar-refractivity contribution in [2.24, 2.45) is 0 Å². The third-order valence-electron chi connectivity index (χ3n) is 1.14. The topological polar surface area (TPSA) is 75.6 Å². The molecule has 0 radical (unpaired) electrons. The van der Waals surface area contributed by atoms with Crippen molar-refractivity contribution in [2.75, 3.05) is 13.2 Å². The zero-order valence-corrected chi connectivity index (χ0v) is 7.16. The van der Waals surface area contributed by atoms with E-state index in [0.717, 1.165) is 0 Å². The Kier molecular flexibility index (Phi) is 5.03. The first-order chi connectivity index (χ1) is 5.57. The summed E-state index contributed by atoms with van der Waals surface area (Å²) in [7, 11) is 0. The zero-order valence-electron chi connectivity index (χ0n) is 7.16. The Morgan fingerprint density at radius 1 is 1.58 bits per heavy atom. The second-order valence-electron chi connectivity index (χ2n) is 2.34. The summed E-state index contributed by atoms with van der Waals surface area (Å²) in [5.74, 6) is -2.47. The van der Waals surface area contributed by atoms with Crippen molar-refractivity contribution in [3.8, 4) is 0 Å². The third-order valence-corrected chi connectivity index (χ3v) is 1.14. The molecule has 0 spiro atoms. The van der Waals surface area contributed by atoms with Gasteiger partial charge in [-0.25, -0.2) is 4.79 Å². The van der Waals surface area contributed by atoms with Gasteiger partial charge < -0.3 is 15.2 Å². The summed E-state index contributed by atoms with van der Waals surface area (Å²) < 4.78 is 4.97. The summed E-state index contributed by atoms with van der Waals surface area (Å²) >= 11 is 0. The van der Waals surface area contributed by atoms with Crippen molar-refractivity contribution in [1.82, 2.24) is 5.32 Å². The van der Waals surface area contributed by atoms with Gasteiger partial charge in [0.15, 0.2) is 0 Å². The fourth-order valence-corrected chi connectivity index (χ4v) is 0.622. The number of carbonyl (C=O) groups is 2. The lowest BCUT2D eigenvalue weighted by molar-refractivity contribution is -0.150. The van der Waals surface area contributed by atoms with Gasteiger partial charge in [0.05, 0.1) is 6.61 Å². The maximum absolute atomic E-state index is 10.6. The number of carboxylic acid groups (broad SMARTS) is 1. The first kappa shape index (κ1) is 10.9. The van der Waals surface area contributed by atoms with E-state index in [9.17, 15) is 9.59 Å². The lowest BCUT2D eigenvalue weighted by Crippen LogP contribution is -2.39. The average molecular weight is 175 g/mol. The second-order valence-corrected chi connectivity index (χ2v) is 2.34. The number of carboxylic acids is 1. The quantitative estimate of drug-likeness (QED) is 0.571. The van der Waals surface area contributed by atoms with Gasteiger partial charge in [0.2, 0.25) is 0 Å². The summed E-state index contributed by atoms with van der Waals surface area (Å²) in [5, 5.41) is 10.5. The molecular weight excluding hydrogens is 162 g/mol. The number of carbonyl (C=O) groups excluding carboxylic acids is 1. The van der Waals surface area contributed by atoms with Gasteiger partial charge in [0.25, 0.3) is 0 Å². The van der Waals surface area contributed by atoms with Crippen LogP contribution in [-0.2, 0) is 14.3 Å². The van der Waals surface area contributed by atoms with Crippen molar-refractivity contribution in [3.05, 3.63) is 0 Å². The minimum atomic E-state index is -1.47. The predicted octanol–water partition coefficient (Wildman–Crippen LogP) is -0.388. The molecule has 1 unspecified atom stereocenters. The van der Waals surface area contributed by atoms with Gasteiger partial charge in [0.1, 0.15) is 0 Å². The van der Waals surface area contributed by atoms with Crippen LogP contribution >= 0.6 is 0 Å². The van der Waals surface area contributed by atoms with Crippen LogP contribution in [-0.4, -0.2) is 36.2 Å². The Balaban J connectivity index is 3.61. The molecule has 12 heavy (non-hydrogen) atoms. The molecular formula is C7H13NO4. The lowest BCUT2D eigenvalue weighted by atomic mass is 10.3. The van der Waals surface area contributed by atoms with E-state index in [1.54, 1.807) is 6.92 Å². The highest BCUT2D eigenvalue weighted by atomic mass is 16.5. The fraction of sp³-hybridized carbons (Fsp3) is 0.714. The van der Waals surface area contributed by atoms with Crippen molar-refractivity contribution in [2.45, 2.75) is 19.9 Å². The molecule has 0 bridgehead atoms. The Morgan fingerprint density at radius 2 is 2.17 bits per heavy atom. The van der Waals surface area contributed by atoms with Crippen molar-refractivity contribution < 1.29 is 19.4 Å². The molecule has 0 heterocycles. The Labute approximate surface area is 70.7 Å². The van der Waals surface area contributed by atoms with Gasteiger partial charge in [-0.3, -0.25) is 4.79 Å². The van der Waals surface area contributed by atoms with E-state index in [0.29, 0.717) is 13.2 Å². The van der Waals surface area contributed by atoms with E-state index in [1.807, 2.05) is 6.92 Å². The van der Waals surface area contributed by atoms with Crippen molar-refractivity contribution >= 4 is 11.9 Å². The van der Waals surface area contributed by atoms with Gasteiger partial charge in [-0.05, 0) is 13.8 Å². The second kappa shape index (κ2) is 5.54. The predicted molar refractivity (Wildman–Crippen MR) is 41.7 cm³/mol. The number of ether oxygens (including phenoxy) is 1. The highest BCUT2D eigenvalue weighted by Gasteiger charge is 2.13. The number of aliphatic carboxylic acids is 1.